The first-order chi connectivity index (χ1) is 6.15. The molecule has 5 heteroatoms. The van der Waals surface area contributed by atoms with E-state index in [0.29, 0.717) is 21.5 Å². The number of halogens is 2. The number of nitriles is 1. The molecule has 0 fully saturated rings. The molecule has 0 aliphatic carbocycles. The summed E-state index contributed by atoms with van der Waals surface area (Å²) in [7, 11) is 0. The molecule has 0 saturated carbocycles. The SMILES string of the molecule is N#CCOc1c(Cl)cc(N)cc1Cl. The van der Waals surface area contributed by atoms with Gasteiger partial charge in [-0.15, -0.1) is 0 Å². The van der Waals surface area contributed by atoms with Crippen molar-refractivity contribution in [2.45, 2.75) is 0 Å². The van der Waals surface area contributed by atoms with E-state index in [-0.39, 0.29) is 6.61 Å². The lowest BCUT2D eigenvalue weighted by Gasteiger charge is -2.07. The van der Waals surface area contributed by atoms with Gasteiger partial charge < -0.3 is 10.5 Å². The van der Waals surface area contributed by atoms with E-state index in [1.165, 1.54) is 12.1 Å². The van der Waals surface area contributed by atoms with Gasteiger partial charge in [-0.3, -0.25) is 0 Å². The third kappa shape index (κ3) is 2.41. The van der Waals surface area contributed by atoms with E-state index in [1.807, 2.05) is 6.07 Å². The van der Waals surface area contributed by atoms with Crippen LogP contribution < -0.4 is 10.5 Å². The Morgan fingerprint density at radius 2 is 1.92 bits per heavy atom. The van der Waals surface area contributed by atoms with Crippen LogP contribution in [0.2, 0.25) is 10.0 Å². The molecule has 0 radical (unpaired) electrons. The predicted octanol–water partition coefficient (Wildman–Crippen LogP) is 2.48. The average Bonchev–Trinajstić information content (AvgIpc) is 2.02. The largest absolute Gasteiger partial charge is 0.476 e. The Morgan fingerprint density at radius 1 is 1.38 bits per heavy atom. The molecule has 1 aromatic rings. The first-order valence-electron chi connectivity index (χ1n) is 3.39. The van der Waals surface area contributed by atoms with Crippen LogP contribution in [0.25, 0.3) is 0 Å². The highest BCUT2D eigenvalue weighted by Gasteiger charge is 2.07. The second-order valence-electron chi connectivity index (χ2n) is 2.26. The topological polar surface area (TPSA) is 59.0 Å². The number of hydrogen-bond donors (Lipinski definition) is 1. The summed E-state index contributed by atoms with van der Waals surface area (Å²) in [6.07, 6.45) is 0. The molecule has 0 aromatic heterocycles. The van der Waals surface area contributed by atoms with Crippen LogP contribution in [-0.2, 0) is 0 Å². The van der Waals surface area contributed by atoms with Crippen LogP contribution in [0, 0.1) is 11.3 Å². The summed E-state index contributed by atoms with van der Waals surface area (Å²) in [5, 5.41) is 8.89. The van der Waals surface area contributed by atoms with Gasteiger partial charge in [0.2, 0.25) is 0 Å². The normalized spacial score (nSPS) is 9.31. The van der Waals surface area contributed by atoms with Gasteiger partial charge in [-0.1, -0.05) is 23.2 Å². The Labute approximate surface area is 85.6 Å². The minimum absolute atomic E-state index is 0.0939. The fourth-order valence-electron chi connectivity index (χ4n) is 0.822. The number of ether oxygens (including phenoxy) is 1. The molecule has 0 heterocycles. The number of nitrogens with zero attached hydrogens (tertiary/aromatic N) is 1. The molecule has 0 aliphatic rings. The molecule has 0 bridgehead atoms. The first-order valence-corrected chi connectivity index (χ1v) is 4.15. The zero-order valence-corrected chi connectivity index (χ0v) is 8.06. The van der Waals surface area contributed by atoms with Crippen molar-refractivity contribution in [3.05, 3.63) is 22.2 Å². The highest BCUT2D eigenvalue weighted by Crippen LogP contribution is 2.34. The van der Waals surface area contributed by atoms with Gasteiger partial charge in [0.05, 0.1) is 10.0 Å². The quantitative estimate of drug-likeness (QED) is 0.774. The van der Waals surface area contributed by atoms with Crippen LogP contribution in [0.1, 0.15) is 0 Å². The maximum Gasteiger partial charge on any atom is 0.174 e. The lowest BCUT2D eigenvalue weighted by Crippen LogP contribution is -1.96. The van der Waals surface area contributed by atoms with Crippen molar-refractivity contribution in [3.63, 3.8) is 0 Å². The summed E-state index contributed by atoms with van der Waals surface area (Å²) in [6, 6.07) is 4.84. The molecule has 0 amide bonds. The third-order valence-electron chi connectivity index (χ3n) is 1.30. The van der Waals surface area contributed by atoms with Crippen LogP contribution in [0.4, 0.5) is 5.69 Å². The van der Waals surface area contributed by atoms with Gasteiger partial charge in [-0.05, 0) is 12.1 Å². The van der Waals surface area contributed by atoms with Crippen molar-refractivity contribution in [2.75, 3.05) is 12.3 Å². The summed E-state index contributed by atoms with van der Waals surface area (Å²) in [6.45, 7) is -0.0939. The van der Waals surface area contributed by atoms with Crippen LogP contribution in [-0.4, -0.2) is 6.61 Å². The first kappa shape index (κ1) is 9.97. The van der Waals surface area contributed by atoms with E-state index >= 15 is 0 Å². The van der Waals surface area contributed by atoms with Gasteiger partial charge in [0.1, 0.15) is 6.07 Å². The fraction of sp³-hybridized carbons (Fsp3) is 0.125. The minimum Gasteiger partial charge on any atom is -0.476 e. The van der Waals surface area contributed by atoms with Crippen molar-refractivity contribution in [3.8, 4) is 11.8 Å². The smallest absolute Gasteiger partial charge is 0.174 e. The van der Waals surface area contributed by atoms with Crippen LogP contribution in [0.3, 0.4) is 0 Å². The maximum absolute atomic E-state index is 8.28. The Kier molecular flexibility index (Phi) is 3.24. The molecule has 2 N–H and O–H groups in total. The van der Waals surface area contributed by atoms with E-state index in [2.05, 4.69) is 0 Å². The van der Waals surface area contributed by atoms with Crippen LogP contribution in [0.5, 0.6) is 5.75 Å². The van der Waals surface area contributed by atoms with E-state index in [9.17, 15) is 0 Å². The molecule has 13 heavy (non-hydrogen) atoms. The van der Waals surface area contributed by atoms with Gasteiger partial charge in [0.25, 0.3) is 0 Å². The number of benzene rings is 1. The number of anilines is 1. The Balaban J connectivity index is 3.00. The maximum atomic E-state index is 8.28. The van der Waals surface area contributed by atoms with Gasteiger partial charge in [0.15, 0.2) is 12.4 Å². The van der Waals surface area contributed by atoms with E-state index in [0.717, 1.165) is 0 Å². The second kappa shape index (κ2) is 4.22. The number of rotatable bonds is 2. The standard InChI is InChI=1S/C8H6Cl2N2O/c9-6-3-5(12)4-7(10)8(6)13-2-1-11/h3-4H,2,12H2. The molecule has 3 nitrogen and oxygen atoms in total. The van der Waals surface area contributed by atoms with Crippen LogP contribution >= 0.6 is 23.2 Å². The third-order valence-corrected chi connectivity index (χ3v) is 1.86. The molecular formula is C8H6Cl2N2O. The zero-order valence-electron chi connectivity index (χ0n) is 6.55. The lowest BCUT2D eigenvalue weighted by molar-refractivity contribution is 0.368. The Bertz CT molecular complexity index is 337. The molecule has 1 rings (SSSR count). The van der Waals surface area contributed by atoms with Crippen molar-refractivity contribution in [2.24, 2.45) is 0 Å². The van der Waals surface area contributed by atoms with E-state index in [1.54, 1.807) is 0 Å². The van der Waals surface area contributed by atoms with Crippen molar-refractivity contribution in [1.82, 2.24) is 0 Å². The van der Waals surface area contributed by atoms with Gasteiger partial charge in [-0.2, -0.15) is 5.26 Å². The van der Waals surface area contributed by atoms with Gasteiger partial charge >= 0.3 is 0 Å². The molecule has 0 saturated heterocycles. The van der Waals surface area contributed by atoms with Crippen LogP contribution in [0.15, 0.2) is 12.1 Å². The highest BCUT2D eigenvalue weighted by molar-refractivity contribution is 6.37. The summed E-state index contributed by atoms with van der Waals surface area (Å²) in [4.78, 5) is 0. The summed E-state index contributed by atoms with van der Waals surface area (Å²) in [5.74, 6) is 0.291. The zero-order chi connectivity index (χ0) is 9.84. The van der Waals surface area contributed by atoms with Gasteiger partial charge in [0, 0.05) is 5.69 Å². The van der Waals surface area contributed by atoms with Crippen molar-refractivity contribution < 1.29 is 4.74 Å². The summed E-state index contributed by atoms with van der Waals surface area (Å²) in [5.41, 5.74) is 5.93. The number of nitrogen functional groups attached to an aromatic ring is 1. The van der Waals surface area contributed by atoms with Crippen molar-refractivity contribution in [1.29, 1.82) is 5.26 Å². The molecule has 68 valence electrons. The molecule has 0 unspecified atom stereocenters. The summed E-state index contributed by atoms with van der Waals surface area (Å²) < 4.78 is 4.99. The van der Waals surface area contributed by atoms with E-state index in [4.69, 9.17) is 38.9 Å². The predicted molar refractivity (Wildman–Crippen MR) is 52.0 cm³/mol. The molecular weight excluding hydrogens is 211 g/mol. The molecule has 0 atom stereocenters. The lowest BCUT2D eigenvalue weighted by atomic mass is 10.3. The van der Waals surface area contributed by atoms with Gasteiger partial charge in [-0.25, -0.2) is 0 Å². The van der Waals surface area contributed by atoms with Crippen molar-refractivity contribution >= 4 is 28.9 Å². The Hall–Kier alpha value is -1.11. The Morgan fingerprint density at radius 3 is 2.38 bits per heavy atom. The highest BCUT2D eigenvalue weighted by atomic mass is 35.5. The molecule has 0 spiro atoms. The number of hydrogen-bond acceptors (Lipinski definition) is 3. The second-order valence-corrected chi connectivity index (χ2v) is 3.07. The number of nitrogens with two attached hydrogens (primary N) is 1. The fourth-order valence-corrected chi connectivity index (χ4v) is 1.43. The molecule has 0 aliphatic heterocycles. The van der Waals surface area contributed by atoms with E-state index < -0.39 is 0 Å². The summed E-state index contributed by atoms with van der Waals surface area (Å²) >= 11 is 11.5. The molecule has 1 aromatic carbocycles. The monoisotopic (exact) mass is 216 g/mol. The minimum atomic E-state index is -0.0939. The average molecular weight is 217 g/mol.